The van der Waals surface area contributed by atoms with Crippen LogP contribution in [0.4, 0.5) is 0 Å². The standard InChI is InChI=1S/C55H81N7O11S/c1-12-37(6)48(44(69-10)34-45(63)61-25-18-23-43(61)49(70-11)38(7)50(64)57-42(52-56-24-32-74-52)33-39-19-14-13-15-20-39)60(9)55(68)46(35(2)3)58-51(65)47(36(4)5)59(8)26-27-71-28-29-72-30-31-73-62-53(66)40-21-16-17-22-41(40)54(62)67/h13-17,19-22,24,32,35-38,42-44,46-49H,12,18,23,25-31,33-34H2,1-11H3,(H,57,64)(H,58,65)/t37-,38+,42-,43-,44+,46-,47-,48-,49+/m0/s1. The Labute approximate surface area is 442 Å². The number of aromatic nitrogens is 1. The van der Waals surface area contributed by atoms with Gasteiger partial charge in [-0.1, -0.05) is 97.4 Å². The molecule has 0 spiro atoms. The Morgan fingerprint density at radius 3 is 2.03 bits per heavy atom. The Balaban J connectivity index is 1.14. The molecule has 1 aromatic heterocycles. The molecular weight excluding hydrogens is 967 g/mol. The topological polar surface area (TPSA) is 198 Å². The van der Waals surface area contributed by atoms with Crippen LogP contribution in [-0.4, -0.2) is 171 Å². The first-order chi connectivity index (χ1) is 35.4. The van der Waals surface area contributed by atoms with Gasteiger partial charge < -0.3 is 39.4 Å². The third-order valence-corrected chi connectivity index (χ3v) is 15.3. The molecule has 18 nitrogen and oxygen atoms in total. The number of thiazole rings is 1. The predicted octanol–water partition coefficient (Wildman–Crippen LogP) is 5.82. The van der Waals surface area contributed by atoms with Gasteiger partial charge in [-0.15, -0.1) is 16.4 Å². The second-order valence-electron chi connectivity index (χ2n) is 20.1. The first-order valence-corrected chi connectivity index (χ1v) is 27.0. The summed E-state index contributed by atoms with van der Waals surface area (Å²) in [4.78, 5) is 97.7. The number of carbonyl (C=O) groups is 6. The molecule has 408 valence electrons. The molecule has 0 unspecified atom stereocenters. The lowest BCUT2D eigenvalue weighted by molar-refractivity contribution is -0.148. The van der Waals surface area contributed by atoms with Crippen LogP contribution in [0.25, 0.3) is 0 Å². The van der Waals surface area contributed by atoms with E-state index in [0.717, 1.165) is 22.1 Å². The van der Waals surface area contributed by atoms with Gasteiger partial charge in [0, 0.05) is 45.9 Å². The first kappa shape index (κ1) is 59.7. The highest BCUT2D eigenvalue weighted by atomic mass is 32.1. The molecule has 3 heterocycles. The van der Waals surface area contributed by atoms with Crippen LogP contribution in [0.15, 0.2) is 66.2 Å². The molecule has 0 bridgehead atoms. The molecule has 2 aliphatic heterocycles. The number of methoxy groups -OCH3 is 2. The van der Waals surface area contributed by atoms with E-state index in [4.69, 9.17) is 23.8 Å². The Morgan fingerprint density at radius 2 is 1.45 bits per heavy atom. The fourth-order valence-electron chi connectivity index (χ4n) is 10.2. The maximum absolute atomic E-state index is 14.7. The van der Waals surface area contributed by atoms with Crippen LogP contribution in [0.2, 0.25) is 0 Å². The van der Waals surface area contributed by atoms with Gasteiger partial charge in [-0.2, -0.15) is 0 Å². The monoisotopic (exact) mass is 1050 g/mol. The molecule has 2 aromatic carbocycles. The number of likely N-dealkylation sites (tertiary alicyclic amines) is 1. The zero-order valence-electron chi connectivity index (χ0n) is 45.3. The normalized spacial score (nSPS) is 18.0. The second kappa shape index (κ2) is 29.2. The van der Waals surface area contributed by atoms with Crippen LogP contribution in [-0.2, 0) is 49.4 Å². The van der Waals surface area contributed by atoms with Crippen LogP contribution in [0.3, 0.4) is 0 Å². The van der Waals surface area contributed by atoms with E-state index in [0.29, 0.717) is 50.1 Å². The summed E-state index contributed by atoms with van der Waals surface area (Å²) in [5.74, 6) is -2.93. The number of likely N-dealkylation sites (N-methyl/N-ethyl adjacent to an activating group) is 2. The molecule has 2 N–H and O–H groups in total. The maximum atomic E-state index is 14.7. The Morgan fingerprint density at radius 1 is 0.811 bits per heavy atom. The van der Waals surface area contributed by atoms with Gasteiger partial charge >= 0.3 is 0 Å². The summed E-state index contributed by atoms with van der Waals surface area (Å²) in [6, 6.07) is 13.9. The first-order valence-electron chi connectivity index (χ1n) is 26.1. The number of benzene rings is 2. The summed E-state index contributed by atoms with van der Waals surface area (Å²) in [7, 11) is 6.72. The number of nitrogens with one attached hydrogen (secondary N) is 2. The van der Waals surface area contributed by atoms with Crippen LogP contribution >= 0.6 is 11.3 Å². The van der Waals surface area contributed by atoms with E-state index < -0.39 is 48.1 Å². The van der Waals surface area contributed by atoms with Gasteiger partial charge in [0.15, 0.2) is 0 Å². The zero-order chi connectivity index (χ0) is 54.1. The van der Waals surface area contributed by atoms with Crippen molar-refractivity contribution in [2.75, 3.05) is 74.4 Å². The highest BCUT2D eigenvalue weighted by molar-refractivity contribution is 7.09. The second-order valence-corrected chi connectivity index (χ2v) is 21.0. The van der Waals surface area contributed by atoms with E-state index in [-0.39, 0.29) is 86.3 Å². The number of hydrogen-bond acceptors (Lipinski definition) is 14. The molecule has 3 aromatic rings. The van der Waals surface area contributed by atoms with Crippen molar-refractivity contribution in [3.63, 3.8) is 0 Å². The molecule has 9 atom stereocenters. The minimum Gasteiger partial charge on any atom is -0.379 e. The number of nitrogens with zero attached hydrogens (tertiary/aromatic N) is 5. The van der Waals surface area contributed by atoms with Gasteiger partial charge in [0.25, 0.3) is 11.8 Å². The summed E-state index contributed by atoms with van der Waals surface area (Å²) >= 11 is 1.49. The minimum atomic E-state index is -0.864. The number of rotatable bonds is 31. The Kier molecular flexibility index (Phi) is 23.6. The van der Waals surface area contributed by atoms with Crippen LogP contribution in [0.1, 0.15) is 111 Å². The third kappa shape index (κ3) is 15.5. The molecule has 74 heavy (non-hydrogen) atoms. The largest absolute Gasteiger partial charge is 0.379 e. The van der Waals surface area contributed by atoms with E-state index >= 15 is 0 Å². The number of amides is 6. The highest BCUT2D eigenvalue weighted by Crippen LogP contribution is 2.31. The van der Waals surface area contributed by atoms with Crippen molar-refractivity contribution in [3.8, 4) is 0 Å². The fourth-order valence-corrected chi connectivity index (χ4v) is 10.9. The molecular formula is C55H81N7O11S. The average Bonchev–Trinajstić information content (AvgIpc) is 4.16. The number of hydrogen-bond donors (Lipinski definition) is 2. The number of imide groups is 1. The summed E-state index contributed by atoms with van der Waals surface area (Å²) in [5, 5.41) is 9.80. The summed E-state index contributed by atoms with van der Waals surface area (Å²) in [6.45, 7) is 15.5. The molecule has 5 rings (SSSR count). The maximum Gasteiger partial charge on any atom is 0.285 e. The number of hydroxylamine groups is 2. The fraction of sp³-hybridized carbons (Fsp3) is 0.618. The lowest BCUT2D eigenvalue weighted by Crippen LogP contribution is -2.60. The predicted molar refractivity (Wildman–Crippen MR) is 282 cm³/mol. The van der Waals surface area contributed by atoms with Gasteiger partial charge in [-0.05, 0) is 61.8 Å². The number of ether oxygens (including phenoxy) is 4. The SMILES string of the molecule is CC[C@H](C)[C@@H]([C@@H](CC(=O)N1CCC[C@H]1[C@H](OC)[C@@H](C)C(=O)N[C@@H](Cc1ccccc1)c1nccs1)OC)N(C)C(=O)[C@@H](NC(=O)[C@H](C(C)C)N(C)CCOCCOCCON1C(=O)c2ccccc2C1=O)C(C)C. The van der Waals surface area contributed by atoms with Crippen LogP contribution in [0.5, 0.6) is 0 Å². The molecule has 1 fully saturated rings. The third-order valence-electron chi connectivity index (χ3n) is 14.4. The van der Waals surface area contributed by atoms with Crippen molar-refractivity contribution in [3.05, 3.63) is 87.9 Å². The van der Waals surface area contributed by atoms with Gasteiger partial charge in [0.05, 0.1) is 92.9 Å². The van der Waals surface area contributed by atoms with Crippen molar-refractivity contribution in [2.24, 2.45) is 23.7 Å². The minimum absolute atomic E-state index is 0.0000880. The van der Waals surface area contributed by atoms with E-state index in [9.17, 15) is 28.8 Å². The van der Waals surface area contributed by atoms with Gasteiger partial charge in [0.2, 0.25) is 23.6 Å². The summed E-state index contributed by atoms with van der Waals surface area (Å²) in [5.41, 5.74) is 1.69. The number of carbonyl (C=O) groups excluding carboxylic acids is 6. The molecule has 1 saturated heterocycles. The molecule has 6 amide bonds. The molecule has 2 aliphatic rings. The molecule has 0 saturated carbocycles. The summed E-state index contributed by atoms with van der Waals surface area (Å²) in [6.07, 6.45) is 3.18. The zero-order valence-corrected chi connectivity index (χ0v) is 46.1. The van der Waals surface area contributed by atoms with Crippen molar-refractivity contribution >= 4 is 46.8 Å². The van der Waals surface area contributed by atoms with Gasteiger partial charge in [0.1, 0.15) is 11.0 Å². The van der Waals surface area contributed by atoms with Crippen LogP contribution in [0, 0.1) is 23.7 Å². The lowest BCUT2D eigenvalue weighted by atomic mass is 9.89. The molecule has 0 radical (unpaired) electrons. The van der Waals surface area contributed by atoms with Crippen LogP contribution < -0.4 is 10.6 Å². The van der Waals surface area contributed by atoms with E-state index in [1.54, 1.807) is 56.6 Å². The average molecular weight is 1050 g/mol. The molecule has 0 aliphatic carbocycles. The number of fused-ring (bicyclic) bond motifs is 1. The van der Waals surface area contributed by atoms with Crippen molar-refractivity contribution in [2.45, 2.75) is 123 Å². The van der Waals surface area contributed by atoms with Crippen molar-refractivity contribution in [1.82, 2.24) is 35.4 Å². The quantitative estimate of drug-likeness (QED) is 0.0578. The molecule has 19 heteroatoms. The lowest BCUT2D eigenvalue weighted by Gasteiger charge is -2.41. The Hall–Kier alpha value is -5.15. The van der Waals surface area contributed by atoms with E-state index in [1.807, 2.05) is 101 Å². The highest BCUT2D eigenvalue weighted by Gasteiger charge is 2.44. The van der Waals surface area contributed by atoms with Gasteiger partial charge in [-0.3, -0.25) is 38.5 Å². The van der Waals surface area contributed by atoms with Crippen molar-refractivity contribution < 1.29 is 52.6 Å². The van der Waals surface area contributed by atoms with Crippen molar-refractivity contribution in [1.29, 1.82) is 0 Å². The summed E-state index contributed by atoms with van der Waals surface area (Å²) < 4.78 is 23.6. The smallest absolute Gasteiger partial charge is 0.285 e. The Bertz CT molecular complexity index is 2230. The van der Waals surface area contributed by atoms with E-state index in [2.05, 4.69) is 15.6 Å². The van der Waals surface area contributed by atoms with E-state index in [1.165, 1.54) is 11.3 Å². The van der Waals surface area contributed by atoms with Gasteiger partial charge in [-0.25, -0.2) is 4.98 Å².